The smallest absolute Gasteiger partial charge is 0.0211 e. The van der Waals surface area contributed by atoms with Crippen LogP contribution in [0, 0.1) is 5.92 Å². The van der Waals surface area contributed by atoms with Gasteiger partial charge >= 0.3 is 0 Å². The van der Waals surface area contributed by atoms with Crippen molar-refractivity contribution >= 4 is 10.8 Å². The predicted octanol–water partition coefficient (Wildman–Crippen LogP) is 5.15. The van der Waals surface area contributed by atoms with E-state index in [9.17, 15) is 0 Å². The summed E-state index contributed by atoms with van der Waals surface area (Å²) in [5.74, 6) is 0.824. The summed E-state index contributed by atoms with van der Waals surface area (Å²) < 4.78 is 0. The quantitative estimate of drug-likeness (QED) is 0.699. The van der Waals surface area contributed by atoms with E-state index in [0.717, 1.165) is 19.0 Å². The number of nitrogens with one attached hydrogen (secondary N) is 1. The molecule has 2 rings (SSSR count). The number of benzene rings is 2. The average Bonchev–Trinajstić information content (AvgIpc) is 2.51. The first-order chi connectivity index (χ1) is 9.85. The van der Waals surface area contributed by atoms with Crippen LogP contribution >= 0.6 is 0 Å². The Balaban J connectivity index is 1.92. The average molecular weight is 269 g/mol. The minimum atomic E-state index is 0.824. The van der Waals surface area contributed by atoms with Crippen LogP contribution in [0.5, 0.6) is 0 Å². The van der Waals surface area contributed by atoms with Crippen molar-refractivity contribution in [3.05, 3.63) is 48.0 Å². The summed E-state index contributed by atoms with van der Waals surface area (Å²) in [6.07, 6.45) is 5.30. The van der Waals surface area contributed by atoms with E-state index in [2.05, 4.69) is 61.6 Å². The maximum absolute atomic E-state index is 3.65. The lowest BCUT2D eigenvalue weighted by Gasteiger charge is -2.16. The molecule has 0 radical (unpaired) electrons. The zero-order valence-electron chi connectivity index (χ0n) is 12.9. The molecular formula is C19H27N. The third-order valence-electron chi connectivity index (χ3n) is 4.17. The maximum atomic E-state index is 3.65. The summed E-state index contributed by atoms with van der Waals surface area (Å²) in [5, 5.41) is 6.37. The molecule has 2 aromatic carbocycles. The van der Waals surface area contributed by atoms with E-state index < -0.39 is 0 Å². The van der Waals surface area contributed by atoms with Gasteiger partial charge in [-0.1, -0.05) is 75.6 Å². The second kappa shape index (κ2) is 8.06. The van der Waals surface area contributed by atoms with E-state index >= 15 is 0 Å². The molecule has 1 N–H and O–H groups in total. The molecule has 1 heteroatoms. The molecule has 0 saturated carbocycles. The zero-order valence-corrected chi connectivity index (χ0v) is 12.9. The van der Waals surface area contributed by atoms with Crippen LogP contribution in [0.3, 0.4) is 0 Å². The Morgan fingerprint density at radius 1 is 1.00 bits per heavy atom. The highest BCUT2D eigenvalue weighted by atomic mass is 14.9. The summed E-state index contributed by atoms with van der Waals surface area (Å²) in [6, 6.07) is 15.2. The molecule has 1 atom stereocenters. The van der Waals surface area contributed by atoms with Crippen LogP contribution < -0.4 is 5.32 Å². The molecule has 0 bridgehead atoms. The van der Waals surface area contributed by atoms with Crippen molar-refractivity contribution in [1.29, 1.82) is 0 Å². The normalized spacial score (nSPS) is 12.7. The largest absolute Gasteiger partial charge is 0.312 e. The fourth-order valence-electron chi connectivity index (χ4n) is 2.80. The van der Waals surface area contributed by atoms with Gasteiger partial charge in [0.25, 0.3) is 0 Å². The van der Waals surface area contributed by atoms with Gasteiger partial charge in [0.15, 0.2) is 0 Å². The van der Waals surface area contributed by atoms with Crippen LogP contribution in [0.1, 0.15) is 45.1 Å². The first-order valence-electron chi connectivity index (χ1n) is 8.02. The summed E-state index contributed by atoms with van der Waals surface area (Å²) in [5.41, 5.74) is 1.41. The van der Waals surface area contributed by atoms with Crippen molar-refractivity contribution in [2.75, 3.05) is 6.54 Å². The number of unbranched alkanes of at least 4 members (excludes halogenated alkanes) is 1. The lowest BCUT2D eigenvalue weighted by Crippen LogP contribution is -2.22. The molecule has 0 aliphatic heterocycles. The fourth-order valence-corrected chi connectivity index (χ4v) is 2.80. The fraction of sp³-hybridized carbons (Fsp3) is 0.474. The number of hydrogen-bond acceptors (Lipinski definition) is 1. The van der Waals surface area contributed by atoms with Crippen molar-refractivity contribution in [3.63, 3.8) is 0 Å². The van der Waals surface area contributed by atoms with Crippen LogP contribution in [0.25, 0.3) is 10.8 Å². The third-order valence-corrected chi connectivity index (χ3v) is 4.17. The van der Waals surface area contributed by atoms with Crippen molar-refractivity contribution in [3.8, 4) is 0 Å². The predicted molar refractivity (Wildman–Crippen MR) is 89.0 cm³/mol. The number of hydrogen-bond donors (Lipinski definition) is 1. The molecule has 0 aromatic heterocycles. The Kier molecular flexibility index (Phi) is 6.07. The van der Waals surface area contributed by atoms with E-state index in [-0.39, 0.29) is 0 Å². The van der Waals surface area contributed by atoms with Gasteiger partial charge in [-0.2, -0.15) is 0 Å². The van der Waals surface area contributed by atoms with Crippen LogP contribution in [0.4, 0.5) is 0 Å². The molecule has 0 amide bonds. The summed E-state index contributed by atoms with van der Waals surface area (Å²) in [4.78, 5) is 0. The van der Waals surface area contributed by atoms with E-state index in [0.29, 0.717) is 0 Å². The first-order valence-corrected chi connectivity index (χ1v) is 8.02. The minimum absolute atomic E-state index is 0.824. The monoisotopic (exact) mass is 269 g/mol. The van der Waals surface area contributed by atoms with Crippen molar-refractivity contribution in [1.82, 2.24) is 5.32 Å². The lowest BCUT2D eigenvalue weighted by molar-refractivity contribution is 0.419. The Morgan fingerprint density at radius 2 is 1.80 bits per heavy atom. The van der Waals surface area contributed by atoms with Crippen molar-refractivity contribution < 1.29 is 0 Å². The molecule has 0 aliphatic carbocycles. The molecular weight excluding hydrogens is 242 g/mol. The van der Waals surface area contributed by atoms with E-state index in [1.807, 2.05) is 0 Å². The van der Waals surface area contributed by atoms with E-state index in [1.165, 1.54) is 42.0 Å². The van der Waals surface area contributed by atoms with Crippen LogP contribution in [0.2, 0.25) is 0 Å². The third kappa shape index (κ3) is 4.08. The Labute approximate surface area is 123 Å². The second-order valence-electron chi connectivity index (χ2n) is 5.69. The molecule has 0 aliphatic rings. The number of fused-ring (bicyclic) bond motifs is 1. The number of rotatable bonds is 8. The lowest BCUT2D eigenvalue weighted by atomic mass is 9.99. The van der Waals surface area contributed by atoms with Gasteiger partial charge in [-0.05, 0) is 35.2 Å². The van der Waals surface area contributed by atoms with E-state index in [1.54, 1.807) is 0 Å². The van der Waals surface area contributed by atoms with Gasteiger partial charge in [-0.3, -0.25) is 0 Å². The Hall–Kier alpha value is -1.34. The zero-order chi connectivity index (χ0) is 14.2. The van der Waals surface area contributed by atoms with Gasteiger partial charge in [0.1, 0.15) is 0 Å². The molecule has 0 heterocycles. The highest BCUT2D eigenvalue weighted by molar-refractivity contribution is 5.85. The molecule has 0 spiro atoms. The van der Waals surface area contributed by atoms with Crippen LogP contribution in [-0.2, 0) is 6.54 Å². The van der Waals surface area contributed by atoms with Crippen molar-refractivity contribution in [2.45, 2.75) is 46.1 Å². The van der Waals surface area contributed by atoms with Gasteiger partial charge in [0.2, 0.25) is 0 Å². The van der Waals surface area contributed by atoms with Gasteiger partial charge in [-0.15, -0.1) is 0 Å². The SMILES string of the molecule is CCCC[C@@H](CC)CNCc1cccc2ccccc12. The highest BCUT2D eigenvalue weighted by Gasteiger charge is 2.06. The summed E-state index contributed by atoms with van der Waals surface area (Å²) >= 11 is 0. The van der Waals surface area contributed by atoms with Gasteiger partial charge < -0.3 is 5.32 Å². The molecule has 2 aromatic rings. The van der Waals surface area contributed by atoms with Gasteiger partial charge in [0, 0.05) is 6.54 Å². The molecule has 0 unspecified atom stereocenters. The topological polar surface area (TPSA) is 12.0 Å². The molecule has 0 fully saturated rings. The second-order valence-corrected chi connectivity index (χ2v) is 5.69. The highest BCUT2D eigenvalue weighted by Crippen LogP contribution is 2.18. The molecule has 20 heavy (non-hydrogen) atoms. The Morgan fingerprint density at radius 3 is 2.60 bits per heavy atom. The summed E-state index contributed by atoms with van der Waals surface area (Å²) in [6.45, 7) is 6.69. The molecule has 0 saturated heterocycles. The van der Waals surface area contributed by atoms with Crippen LogP contribution in [-0.4, -0.2) is 6.54 Å². The van der Waals surface area contributed by atoms with E-state index in [4.69, 9.17) is 0 Å². The summed E-state index contributed by atoms with van der Waals surface area (Å²) in [7, 11) is 0. The maximum Gasteiger partial charge on any atom is 0.0211 e. The Bertz CT molecular complexity index is 513. The van der Waals surface area contributed by atoms with Crippen LogP contribution in [0.15, 0.2) is 42.5 Å². The van der Waals surface area contributed by atoms with Crippen molar-refractivity contribution in [2.24, 2.45) is 5.92 Å². The molecule has 108 valence electrons. The first kappa shape index (κ1) is 15.1. The minimum Gasteiger partial charge on any atom is -0.312 e. The molecule has 1 nitrogen and oxygen atoms in total. The van der Waals surface area contributed by atoms with Gasteiger partial charge in [-0.25, -0.2) is 0 Å². The standard InChI is InChI=1S/C19H27N/c1-3-5-9-16(4-2)14-20-15-18-12-8-11-17-10-6-7-13-19(17)18/h6-8,10-13,16,20H,3-5,9,14-15H2,1-2H3/t16-/m1/s1. The van der Waals surface area contributed by atoms with Gasteiger partial charge in [0.05, 0.1) is 0 Å².